The summed E-state index contributed by atoms with van der Waals surface area (Å²) >= 11 is 0. The van der Waals surface area contributed by atoms with Crippen LogP contribution in [0.4, 0.5) is 0 Å². The molecule has 0 saturated heterocycles. The van der Waals surface area contributed by atoms with Crippen molar-refractivity contribution in [3.05, 3.63) is 0 Å². The van der Waals surface area contributed by atoms with E-state index >= 15 is 0 Å². The normalized spacial score (nSPS) is 21.9. The Bertz CT molecular complexity index is 188. The van der Waals surface area contributed by atoms with Crippen molar-refractivity contribution in [3.63, 3.8) is 0 Å². The summed E-state index contributed by atoms with van der Waals surface area (Å²) in [5, 5.41) is 0. The molecule has 2 unspecified atom stereocenters. The van der Waals surface area contributed by atoms with Gasteiger partial charge in [0, 0.05) is 6.04 Å². The van der Waals surface area contributed by atoms with E-state index in [0.717, 1.165) is 6.42 Å². The quantitative estimate of drug-likeness (QED) is 0.701. The van der Waals surface area contributed by atoms with Gasteiger partial charge < -0.3 is 10.5 Å². The highest BCUT2D eigenvalue weighted by atomic mass is 16.5. The second kappa shape index (κ2) is 5.35. The summed E-state index contributed by atoms with van der Waals surface area (Å²) in [4.78, 5) is 11.4. The van der Waals surface area contributed by atoms with Crippen LogP contribution < -0.4 is 5.73 Å². The van der Waals surface area contributed by atoms with E-state index in [1.54, 1.807) is 0 Å². The first-order valence-corrected chi connectivity index (χ1v) is 5.54. The number of hydrogen-bond acceptors (Lipinski definition) is 3. The molecule has 1 aliphatic rings. The molecule has 2 atom stereocenters. The molecule has 3 heteroatoms. The van der Waals surface area contributed by atoms with Gasteiger partial charge in [-0.25, -0.2) is 0 Å². The second-order valence-corrected chi connectivity index (χ2v) is 4.16. The third-order valence-corrected chi connectivity index (χ3v) is 3.35. The van der Waals surface area contributed by atoms with Crippen molar-refractivity contribution >= 4 is 5.97 Å². The summed E-state index contributed by atoms with van der Waals surface area (Å²) in [6.45, 7) is 2.00. The summed E-state index contributed by atoms with van der Waals surface area (Å²) in [5.41, 5.74) is 6.11. The van der Waals surface area contributed by atoms with Crippen molar-refractivity contribution in [1.29, 1.82) is 0 Å². The number of rotatable bonds is 4. The van der Waals surface area contributed by atoms with Crippen molar-refractivity contribution in [1.82, 2.24) is 0 Å². The molecule has 0 aromatic carbocycles. The number of esters is 1. The molecule has 3 nitrogen and oxygen atoms in total. The lowest BCUT2D eigenvalue weighted by molar-refractivity contribution is -0.146. The number of carbonyl (C=O) groups is 1. The molecule has 0 aromatic heterocycles. The highest BCUT2D eigenvalue weighted by Crippen LogP contribution is 2.30. The smallest absolute Gasteiger partial charge is 0.310 e. The van der Waals surface area contributed by atoms with Gasteiger partial charge in [0.1, 0.15) is 0 Å². The van der Waals surface area contributed by atoms with Gasteiger partial charge >= 0.3 is 5.97 Å². The number of methoxy groups -OCH3 is 1. The molecule has 0 heterocycles. The van der Waals surface area contributed by atoms with Gasteiger partial charge in [0.15, 0.2) is 0 Å². The monoisotopic (exact) mass is 199 g/mol. The fraction of sp³-hybridized carbons (Fsp3) is 0.909. The molecule has 1 aliphatic carbocycles. The van der Waals surface area contributed by atoms with E-state index in [1.165, 1.54) is 32.8 Å². The SMILES string of the molecule is CCC(C(=O)OC)C(N)C1CCCC1. The lowest BCUT2D eigenvalue weighted by Crippen LogP contribution is -2.40. The Hall–Kier alpha value is -0.570. The first kappa shape index (κ1) is 11.5. The first-order chi connectivity index (χ1) is 6.70. The van der Waals surface area contributed by atoms with E-state index in [0.29, 0.717) is 5.92 Å². The van der Waals surface area contributed by atoms with Gasteiger partial charge in [-0.3, -0.25) is 4.79 Å². The van der Waals surface area contributed by atoms with Crippen LogP contribution in [0.1, 0.15) is 39.0 Å². The lowest BCUT2D eigenvalue weighted by atomic mass is 9.86. The van der Waals surface area contributed by atoms with Crippen LogP contribution in [0.5, 0.6) is 0 Å². The maximum atomic E-state index is 11.4. The molecule has 0 spiro atoms. The van der Waals surface area contributed by atoms with Gasteiger partial charge in [0.25, 0.3) is 0 Å². The Morgan fingerprint density at radius 2 is 2.07 bits per heavy atom. The molecule has 82 valence electrons. The van der Waals surface area contributed by atoms with Crippen LogP contribution in [0.15, 0.2) is 0 Å². The molecular formula is C11H21NO2. The van der Waals surface area contributed by atoms with Gasteiger partial charge in [-0.05, 0) is 25.2 Å². The number of nitrogens with two attached hydrogens (primary N) is 1. The minimum Gasteiger partial charge on any atom is -0.469 e. The third kappa shape index (κ3) is 2.47. The molecule has 1 saturated carbocycles. The van der Waals surface area contributed by atoms with Crippen LogP contribution in [0.25, 0.3) is 0 Å². The minimum absolute atomic E-state index is 0.00468. The maximum absolute atomic E-state index is 11.4. The topological polar surface area (TPSA) is 52.3 Å². The molecule has 2 N–H and O–H groups in total. The third-order valence-electron chi connectivity index (χ3n) is 3.35. The van der Waals surface area contributed by atoms with Crippen LogP contribution in [-0.4, -0.2) is 19.1 Å². The fourth-order valence-corrected chi connectivity index (χ4v) is 2.42. The van der Waals surface area contributed by atoms with Crippen molar-refractivity contribution in [2.45, 2.75) is 45.1 Å². The maximum Gasteiger partial charge on any atom is 0.310 e. The molecular weight excluding hydrogens is 178 g/mol. The van der Waals surface area contributed by atoms with E-state index in [-0.39, 0.29) is 17.9 Å². The van der Waals surface area contributed by atoms with E-state index in [9.17, 15) is 4.79 Å². The highest BCUT2D eigenvalue weighted by Gasteiger charge is 2.32. The standard InChI is InChI=1S/C11H21NO2/c1-3-9(11(13)14-2)10(12)8-6-4-5-7-8/h8-10H,3-7,12H2,1-2H3. The first-order valence-electron chi connectivity index (χ1n) is 5.54. The zero-order valence-corrected chi connectivity index (χ0v) is 9.16. The predicted molar refractivity (Wildman–Crippen MR) is 55.7 cm³/mol. The summed E-state index contributed by atoms with van der Waals surface area (Å²) in [6.07, 6.45) is 5.65. The van der Waals surface area contributed by atoms with Crippen LogP contribution in [0, 0.1) is 11.8 Å². The van der Waals surface area contributed by atoms with E-state index in [4.69, 9.17) is 10.5 Å². The lowest BCUT2D eigenvalue weighted by Gasteiger charge is -2.25. The Morgan fingerprint density at radius 1 is 1.50 bits per heavy atom. The molecule has 1 fully saturated rings. The zero-order valence-electron chi connectivity index (χ0n) is 9.16. The average Bonchev–Trinajstić information content (AvgIpc) is 2.71. The Morgan fingerprint density at radius 3 is 2.50 bits per heavy atom. The average molecular weight is 199 g/mol. The molecule has 1 rings (SSSR count). The molecule has 0 aromatic rings. The Labute approximate surface area is 86.0 Å². The molecule has 0 aliphatic heterocycles. The van der Waals surface area contributed by atoms with E-state index in [1.807, 2.05) is 6.92 Å². The van der Waals surface area contributed by atoms with Gasteiger partial charge in [0.2, 0.25) is 0 Å². The van der Waals surface area contributed by atoms with Gasteiger partial charge in [-0.1, -0.05) is 19.8 Å². The van der Waals surface area contributed by atoms with E-state index in [2.05, 4.69) is 0 Å². The largest absolute Gasteiger partial charge is 0.469 e. The van der Waals surface area contributed by atoms with Crippen molar-refractivity contribution in [2.75, 3.05) is 7.11 Å². The molecule has 14 heavy (non-hydrogen) atoms. The summed E-state index contributed by atoms with van der Waals surface area (Å²) in [5.74, 6) is 0.272. The van der Waals surface area contributed by atoms with Crippen LogP contribution in [0.2, 0.25) is 0 Å². The molecule has 0 amide bonds. The Kier molecular flexibility index (Phi) is 4.39. The number of ether oxygens (including phenoxy) is 1. The van der Waals surface area contributed by atoms with Crippen molar-refractivity contribution in [3.8, 4) is 0 Å². The number of carbonyl (C=O) groups excluding carboxylic acids is 1. The van der Waals surface area contributed by atoms with Gasteiger partial charge in [-0.2, -0.15) is 0 Å². The minimum atomic E-state index is -0.146. The molecule has 0 radical (unpaired) electrons. The highest BCUT2D eigenvalue weighted by molar-refractivity contribution is 5.73. The van der Waals surface area contributed by atoms with Crippen LogP contribution >= 0.6 is 0 Å². The van der Waals surface area contributed by atoms with Crippen molar-refractivity contribution < 1.29 is 9.53 Å². The zero-order chi connectivity index (χ0) is 10.6. The summed E-state index contributed by atoms with van der Waals surface area (Å²) in [7, 11) is 1.44. The second-order valence-electron chi connectivity index (χ2n) is 4.16. The van der Waals surface area contributed by atoms with Gasteiger partial charge in [-0.15, -0.1) is 0 Å². The summed E-state index contributed by atoms with van der Waals surface area (Å²) in [6, 6.07) is -0.00468. The van der Waals surface area contributed by atoms with E-state index < -0.39 is 0 Å². The van der Waals surface area contributed by atoms with Crippen molar-refractivity contribution in [2.24, 2.45) is 17.6 Å². The fourth-order valence-electron chi connectivity index (χ4n) is 2.42. The van der Waals surface area contributed by atoms with Crippen LogP contribution in [-0.2, 0) is 9.53 Å². The summed E-state index contributed by atoms with van der Waals surface area (Å²) < 4.78 is 4.77. The Balaban J connectivity index is 2.54. The van der Waals surface area contributed by atoms with Crippen LogP contribution in [0.3, 0.4) is 0 Å². The molecule has 0 bridgehead atoms. The number of hydrogen-bond donors (Lipinski definition) is 1. The predicted octanol–water partition coefficient (Wildman–Crippen LogP) is 1.70. The van der Waals surface area contributed by atoms with Gasteiger partial charge in [0.05, 0.1) is 13.0 Å².